The highest BCUT2D eigenvalue weighted by Gasteiger charge is 2.41. The number of fused-ring (bicyclic) bond motifs is 1. The van der Waals surface area contributed by atoms with Gasteiger partial charge in [-0.3, -0.25) is 0 Å². The fourth-order valence-electron chi connectivity index (χ4n) is 4.26. The van der Waals surface area contributed by atoms with Crippen molar-refractivity contribution in [2.75, 3.05) is 5.88 Å². The van der Waals surface area contributed by atoms with E-state index in [9.17, 15) is 9.90 Å². The number of hydrogen-bond acceptors (Lipinski definition) is 4. The summed E-state index contributed by atoms with van der Waals surface area (Å²) in [5.41, 5.74) is 5.26. The molecule has 4 nitrogen and oxygen atoms in total. The summed E-state index contributed by atoms with van der Waals surface area (Å²) in [7, 11) is 0. The molecule has 0 aliphatic carbocycles. The molecule has 3 rings (SSSR count). The molecule has 0 fully saturated rings. The molecule has 0 aromatic heterocycles. The minimum atomic E-state index is -1.14. The highest BCUT2D eigenvalue weighted by Crippen LogP contribution is 2.49. The quantitative estimate of drug-likeness (QED) is 0.242. The Morgan fingerprint density at radius 3 is 2.56 bits per heavy atom. The number of phenolic OH excluding ortho intramolecular Hbond substituents is 1. The summed E-state index contributed by atoms with van der Waals surface area (Å²) in [6, 6.07) is 7.69. The number of aryl methyl sites for hydroxylation is 2. The molecule has 1 N–H and O–H groups in total. The molecule has 1 unspecified atom stereocenters. The van der Waals surface area contributed by atoms with E-state index in [1.807, 2.05) is 32.0 Å². The Morgan fingerprint density at radius 1 is 1.16 bits per heavy atom. The van der Waals surface area contributed by atoms with Gasteiger partial charge in [-0.1, -0.05) is 55.7 Å². The molecule has 0 bridgehead atoms. The zero-order valence-electron chi connectivity index (χ0n) is 19.5. The van der Waals surface area contributed by atoms with Crippen molar-refractivity contribution < 1.29 is 19.4 Å². The van der Waals surface area contributed by atoms with Gasteiger partial charge in [0.15, 0.2) is 5.75 Å². The third kappa shape index (κ3) is 4.96. The zero-order chi connectivity index (χ0) is 23.5. The molecule has 0 saturated heterocycles. The molecular weight excluding hydrogens is 424 g/mol. The standard InChI is InChI=1S/C27H33ClO4/c1-6-7-8-10-19-16-22(29)24(21-15-18(4)11-12-20(21)17(2)3)25-23(19)26(30)32-27(5,31-25)13-9-14-28/h11-12,15-16,29H,2,6-10,13-14H2,1,3-5H3. The van der Waals surface area contributed by atoms with Gasteiger partial charge in [0.05, 0.1) is 5.56 Å². The van der Waals surface area contributed by atoms with E-state index in [4.69, 9.17) is 21.1 Å². The summed E-state index contributed by atoms with van der Waals surface area (Å²) in [6.45, 7) is 11.9. The van der Waals surface area contributed by atoms with Crippen molar-refractivity contribution in [2.24, 2.45) is 0 Å². The van der Waals surface area contributed by atoms with Crippen molar-refractivity contribution in [1.82, 2.24) is 0 Å². The van der Waals surface area contributed by atoms with Gasteiger partial charge >= 0.3 is 5.97 Å². The van der Waals surface area contributed by atoms with Crippen LogP contribution >= 0.6 is 11.6 Å². The molecule has 0 radical (unpaired) electrons. The molecule has 1 aliphatic heterocycles. The van der Waals surface area contributed by atoms with Crippen molar-refractivity contribution in [1.29, 1.82) is 0 Å². The lowest BCUT2D eigenvalue weighted by Crippen LogP contribution is -2.42. The Kier molecular flexibility index (Phi) is 7.55. The number of rotatable bonds is 9. The zero-order valence-corrected chi connectivity index (χ0v) is 20.3. The second kappa shape index (κ2) is 9.99. The number of allylic oxidation sites excluding steroid dienone is 1. The predicted molar refractivity (Wildman–Crippen MR) is 131 cm³/mol. The predicted octanol–water partition coefficient (Wildman–Crippen LogP) is 7.42. The van der Waals surface area contributed by atoms with E-state index in [-0.39, 0.29) is 5.75 Å². The molecule has 1 atom stereocenters. The van der Waals surface area contributed by atoms with Crippen LogP contribution < -0.4 is 4.74 Å². The van der Waals surface area contributed by atoms with Crippen LogP contribution in [0.4, 0.5) is 0 Å². The first kappa shape index (κ1) is 24.2. The Morgan fingerprint density at radius 2 is 1.91 bits per heavy atom. The number of carbonyl (C=O) groups is 1. The van der Waals surface area contributed by atoms with Crippen LogP contribution in [0, 0.1) is 6.92 Å². The summed E-state index contributed by atoms with van der Waals surface area (Å²) in [5, 5.41) is 11.2. The molecule has 1 aliphatic rings. The number of esters is 1. The minimum absolute atomic E-state index is 0.0951. The fraction of sp³-hybridized carbons (Fsp3) is 0.444. The second-order valence-corrected chi connectivity index (χ2v) is 9.22. The van der Waals surface area contributed by atoms with Crippen molar-refractivity contribution in [3.05, 3.63) is 53.1 Å². The number of unbranched alkanes of at least 4 members (excludes halogenated alkanes) is 2. The van der Waals surface area contributed by atoms with Crippen LogP contribution in [0.2, 0.25) is 0 Å². The minimum Gasteiger partial charge on any atom is -0.507 e. The third-order valence-electron chi connectivity index (χ3n) is 5.89. The Balaban J connectivity index is 2.26. The smallest absolute Gasteiger partial charge is 0.345 e. The molecule has 2 aromatic carbocycles. The normalized spacial score (nSPS) is 17.5. The average Bonchev–Trinajstić information content (AvgIpc) is 2.71. The number of aromatic hydroxyl groups is 1. The van der Waals surface area contributed by atoms with Crippen LogP contribution in [0.1, 0.15) is 79.9 Å². The van der Waals surface area contributed by atoms with Gasteiger partial charge < -0.3 is 14.6 Å². The van der Waals surface area contributed by atoms with Crippen molar-refractivity contribution in [3.8, 4) is 22.6 Å². The first-order valence-corrected chi connectivity index (χ1v) is 11.9. The first-order valence-electron chi connectivity index (χ1n) is 11.3. The van der Waals surface area contributed by atoms with Gasteiger partial charge in [0.2, 0.25) is 0 Å². The highest BCUT2D eigenvalue weighted by molar-refractivity contribution is 6.17. The lowest BCUT2D eigenvalue weighted by molar-refractivity contribution is -0.145. The summed E-state index contributed by atoms with van der Waals surface area (Å²) in [6.07, 6.45) is 4.79. The molecular formula is C27H33ClO4. The number of alkyl halides is 1. The summed E-state index contributed by atoms with van der Waals surface area (Å²) < 4.78 is 12.2. The maximum absolute atomic E-state index is 13.3. The molecule has 1 heterocycles. The van der Waals surface area contributed by atoms with Crippen molar-refractivity contribution in [2.45, 2.75) is 72.0 Å². The molecule has 0 amide bonds. The van der Waals surface area contributed by atoms with Gasteiger partial charge in [0.25, 0.3) is 5.79 Å². The van der Waals surface area contributed by atoms with Crippen LogP contribution in [-0.2, 0) is 11.2 Å². The largest absolute Gasteiger partial charge is 0.507 e. The number of cyclic esters (lactones) is 1. The van der Waals surface area contributed by atoms with Crippen LogP contribution in [0.3, 0.4) is 0 Å². The number of ether oxygens (including phenoxy) is 2. The Bertz CT molecular complexity index is 1030. The van der Waals surface area contributed by atoms with Gasteiger partial charge in [-0.2, -0.15) is 0 Å². The molecule has 5 heteroatoms. The van der Waals surface area contributed by atoms with Crippen LogP contribution in [0.15, 0.2) is 30.8 Å². The second-order valence-electron chi connectivity index (χ2n) is 8.84. The number of hydrogen-bond donors (Lipinski definition) is 1. The number of benzene rings is 2. The Labute approximate surface area is 196 Å². The fourth-order valence-corrected chi connectivity index (χ4v) is 4.39. The van der Waals surface area contributed by atoms with Gasteiger partial charge in [-0.05, 0) is 55.9 Å². The SMILES string of the molecule is C=C(C)c1ccc(C)cc1-c1c(O)cc(CCCCC)c2c1OC(C)(CCCCl)OC2=O. The lowest BCUT2D eigenvalue weighted by Gasteiger charge is -2.37. The first-order chi connectivity index (χ1) is 15.2. The van der Waals surface area contributed by atoms with Gasteiger partial charge in [0.1, 0.15) is 11.3 Å². The lowest BCUT2D eigenvalue weighted by atomic mass is 9.88. The van der Waals surface area contributed by atoms with E-state index in [2.05, 4.69) is 13.5 Å². The van der Waals surface area contributed by atoms with Crippen molar-refractivity contribution >= 4 is 23.1 Å². The number of halogens is 1. The molecule has 172 valence electrons. The molecule has 32 heavy (non-hydrogen) atoms. The molecule has 0 saturated carbocycles. The third-order valence-corrected chi connectivity index (χ3v) is 6.16. The summed E-state index contributed by atoms with van der Waals surface area (Å²) >= 11 is 5.90. The Hall–Kier alpha value is -2.46. The average molecular weight is 457 g/mol. The number of carbonyl (C=O) groups excluding carboxylic acids is 1. The highest BCUT2D eigenvalue weighted by atomic mass is 35.5. The van der Waals surface area contributed by atoms with E-state index in [0.29, 0.717) is 42.0 Å². The summed E-state index contributed by atoms with van der Waals surface area (Å²) in [5.74, 6) is -0.637. The summed E-state index contributed by atoms with van der Waals surface area (Å²) in [4.78, 5) is 13.3. The van der Waals surface area contributed by atoms with Crippen LogP contribution in [0.5, 0.6) is 11.5 Å². The monoisotopic (exact) mass is 456 g/mol. The topological polar surface area (TPSA) is 55.8 Å². The van der Waals surface area contributed by atoms with Gasteiger partial charge in [-0.15, -0.1) is 11.6 Å². The maximum atomic E-state index is 13.3. The van der Waals surface area contributed by atoms with Gasteiger partial charge in [0, 0.05) is 19.2 Å². The van der Waals surface area contributed by atoms with Crippen molar-refractivity contribution in [3.63, 3.8) is 0 Å². The molecule has 0 spiro atoms. The van der Waals surface area contributed by atoms with E-state index in [1.54, 1.807) is 13.0 Å². The maximum Gasteiger partial charge on any atom is 0.345 e. The van der Waals surface area contributed by atoms with Crippen LogP contribution in [0.25, 0.3) is 16.7 Å². The molecule has 2 aromatic rings. The van der Waals surface area contributed by atoms with E-state index in [0.717, 1.165) is 47.1 Å². The van der Waals surface area contributed by atoms with E-state index < -0.39 is 11.8 Å². The van der Waals surface area contributed by atoms with Crippen LogP contribution in [-0.4, -0.2) is 22.7 Å². The van der Waals surface area contributed by atoms with E-state index >= 15 is 0 Å². The van der Waals surface area contributed by atoms with Gasteiger partial charge in [-0.25, -0.2) is 4.79 Å². The number of phenols is 1. The van der Waals surface area contributed by atoms with E-state index in [1.165, 1.54) is 0 Å².